The molecule has 0 saturated heterocycles. The molecule has 20 nitrogen and oxygen atoms in total. The van der Waals surface area contributed by atoms with Crippen molar-refractivity contribution in [1.82, 2.24) is 37.9 Å². The summed E-state index contributed by atoms with van der Waals surface area (Å²) in [6, 6.07) is 67.7. The fraction of sp³-hybridized carbons (Fsp3) is 0.190. The number of aromatic amines is 2. The number of aryl methyl sites for hydroxylation is 4. The molecule has 3 aromatic heterocycles. The van der Waals surface area contributed by atoms with Crippen molar-refractivity contribution in [3.8, 4) is 44.5 Å². The van der Waals surface area contributed by atoms with Gasteiger partial charge in [-0.05, 0) is 244 Å². The molecule has 0 radical (unpaired) electrons. The molecule has 2 aliphatic heterocycles. The molecule has 2 N–H and O–H groups in total. The molecule has 5 heterocycles. The Kier molecular flexibility index (Phi) is 24.5. The quantitative estimate of drug-likeness (QED) is 0.0850. The summed E-state index contributed by atoms with van der Waals surface area (Å²) in [5.74, 6) is 0. The lowest BCUT2D eigenvalue weighted by molar-refractivity contribution is 0.461. The van der Waals surface area contributed by atoms with Crippen LogP contribution >= 0.6 is 0 Å². The van der Waals surface area contributed by atoms with Crippen molar-refractivity contribution < 1.29 is 51.9 Å². The summed E-state index contributed by atoms with van der Waals surface area (Å²) in [6.07, 6.45) is 8.65. The predicted molar refractivity (Wildman–Crippen MR) is 435 cm³/mol. The highest BCUT2D eigenvalue weighted by Gasteiger charge is 2.23. The third kappa shape index (κ3) is 21.2. The summed E-state index contributed by atoms with van der Waals surface area (Å²) in [7, 11) is 9.30. The Bertz CT molecular complexity index is 5350. The Morgan fingerprint density at radius 2 is 0.417 bits per heavy atom. The molecular weight excluding hydrogens is 1440 g/mol. The van der Waals surface area contributed by atoms with Crippen molar-refractivity contribution in [3.05, 3.63) is 263 Å². The maximum absolute atomic E-state index is 10.4. The molecule has 8 bridgehead atoms. The van der Waals surface area contributed by atoms with Gasteiger partial charge in [0.1, 0.15) is 63.2 Å². The van der Waals surface area contributed by atoms with Crippen molar-refractivity contribution >= 4 is 110 Å². The molecule has 2 aliphatic rings. The second kappa shape index (κ2) is 32.3. The minimum Gasteiger partial charge on any atom is -0.744 e. The Labute approximate surface area is 635 Å². The number of hydrogen-bond acceptors (Lipinski definition) is 14. The molecule has 11 aromatic rings. The van der Waals surface area contributed by atoms with Crippen LogP contribution in [0.15, 0.2) is 238 Å². The summed E-state index contributed by atoms with van der Waals surface area (Å²) < 4.78 is 128. The minimum absolute atomic E-state index is 0.178. The highest BCUT2D eigenvalue weighted by Crippen LogP contribution is 2.40. The van der Waals surface area contributed by atoms with Crippen molar-refractivity contribution in [2.45, 2.75) is 47.3 Å². The minimum atomic E-state index is -4.27. The van der Waals surface area contributed by atoms with Crippen molar-refractivity contribution in [2.24, 2.45) is 0 Å². The molecule has 0 amide bonds. The van der Waals surface area contributed by atoms with Crippen LogP contribution in [0.1, 0.15) is 45.0 Å². The molecule has 8 aromatic carbocycles. The van der Waals surface area contributed by atoms with Gasteiger partial charge in [-0.3, -0.25) is 17.9 Å². The molecule has 0 saturated carbocycles. The van der Waals surface area contributed by atoms with Crippen molar-refractivity contribution in [2.75, 3.05) is 84.6 Å². The molecule has 0 unspecified atom stereocenters. The maximum atomic E-state index is 10.4. The van der Waals surface area contributed by atoms with Crippen LogP contribution in [0.3, 0.4) is 0 Å². The van der Waals surface area contributed by atoms with Crippen LogP contribution in [-0.2, 0) is 40.5 Å². The van der Waals surface area contributed by atoms with Crippen LogP contribution in [-0.4, -0.2) is 156 Å². The summed E-state index contributed by atoms with van der Waals surface area (Å²) in [5, 5.41) is 0. The van der Waals surface area contributed by atoms with E-state index in [1.807, 2.05) is 27.7 Å². The van der Waals surface area contributed by atoms with Crippen LogP contribution in [0.2, 0.25) is 0 Å². The van der Waals surface area contributed by atoms with Gasteiger partial charge in [-0.1, -0.05) is 70.8 Å². The van der Waals surface area contributed by atoms with E-state index in [-0.39, 0.29) is 19.6 Å². The van der Waals surface area contributed by atoms with Crippen molar-refractivity contribution in [3.63, 3.8) is 0 Å². The Morgan fingerprint density at radius 1 is 0.241 bits per heavy atom. The fourth-order valence-corrected chi connectivity index (χ4v) is 13.4. The Balaban J connectivity index is 0.000000242. The molecule has 108 heavy (non-hydrogen) atoms. The summed E-state index contributed by atoms with van der Waals surface area (Å²) >= 11 is 0. The number of aromatic nitrogens is 4. The van der Waals surface area contributed by atoms with E-state index < -0.39 is 40.5 Å². The first kappa shape index (κ1) is 81.9. The smallest absolute Gasteiger partial charge is 0.132 e. The topological polar surface area (TPSA) is 286 Å². The van der Waals surface area contributed by atoms with E-state index in [1.54, 1.807) is 48.5 Å². The summed E-state index contributed by atoms with van der Waals surface area (Å²) in [4.78, 5) is 18.2. The van der Waals surface area contributed by atoms with E-state index in [9.17, 15) is 51.9 Å². The lowest BCUT2D eigenvalue weighted by atomic mass is 10.0. The number of hydrogen-bond donors (Lipinski definition) is 2. The van der Waals surface area contributed by atoms with Gasteiger partial charge in [-0.15, -0.1) is 0 Å². The van der Waals surface area contributed by atoms with Crippen LogP contribution in [0.25, 0.3) is 90.9 Å². The average molecular weight is 1530 g/mol. The number of fused-ring (bicyclic) bond motifs is 8. The zero-order valence-corrected chi connectivity index (χ0v) is 66.6. The summed E-state index contributed by atoms with van der Waals surface area (Å²) in [5.41, 5.74) is 24.6. The first-order valence-electron chi connectivity index (χ1n) is 34.2. The highest BCUT2D eigenvalue weighted by atomic mass is 32.2. The van der Waals surface area contributed by atoms with E-state index in [0.717, 1.165) is 130 Å². The van der Waals surface area contributed by atoms with Crippen LogP contribution in [0, 0.1) is 27.7 Å². The first-order valence-corrected chi connectivity index (χ1v) is 39.8. The Hall–Kier alpha value is -10.2. The molecule has 13 rings (SSSR count). The predicted octanol–water partition coefficient (Wildman–Crippen LogP) is 15.7. The lowest BCUT2D eigenvalue weighted by Gasteiger charge is -2.23. The zero-order valence-electron chi connectivity index (χ0n) is 63.3. The van der Waals surface area contributed by atoms with Crippen LogP contribution in [0.4, 0.5) is 22.7 Å². The van der Waals surface area contributed by atoms with Crippen LogP contribution in [0.5, 0.6) is 0 Å². The average Bonchev–Trinajstić information content (AvgIpc) is 1.60. The molecule has 0 fully saturated rings. The maximum Gasteiger partial charge on any atom is 0.132 e. The first-order chi connectivity index (χ1) is 50.2. The monoisotopic (exact) mass is 1530 g/mol. The van der Waals surface area contributed by atoms with Gasteiger partial charge in [0.25, 0.3) is 0 Å². The lowest BCUT2D eigenvalue weighted by Crippen LogP contribution is -2.34. The molecule has 24 heteroatoms. The van der Waals surface area contributed by atoms with Crippen molar-refractivity contribution in [1.29, 1.82) is 0 Å². The highest BCUT2D eigenvalue weighted by molar-refractivity contribution is 7.86. The number of rotatable bonds is 12. The zero-order chi connectivity index (χ0) is 79.3. The summed E-state index contributed by atoms with van der Waals surface area (Å²) in [6.45, 7) is 7.28. The van der Waals surface area contributed by atoms with Gasteiger partial charge >= 0.3 is 0 Å². The van der Waals surface area contributed by atoms with E-state index in [4.69, 9.17) is 9.97 Å². The van der Waals surface area contributed by atoms with Gasteiger partial charge in [-0.25, -0.2) is 43.6 Å². The molecule has 562 valence electrons. The third-order valence-corrected chi connectivity index (χ3v) is 21.1. The number of quaternary nitrogens is 4. The second-order valence-corrected chi connectivity index (χ2v) is 35.3. The number of nitrogens with zero attached hydrogens (tertiary/aromatic N) is 6. The number of benzene rings is 8. The van der Waals surface area contributed by atoms with E-state index in [1.165, 1.54) is 71.3 Å². The normalized spacial score (nSPS) is 12.5. The van der Waals surface area contributed by atoms with Gasteiger partial charge in [0.05, 0.1) is 127 Å². The van der Waals surface area contributed by atoms with Gasteiger partial charge < -0.3 is 28.2 Å². The van der Waals surface area contributed by atoms with Gasteiger partial charge in [0, 0.05) is 44.3 Å². The fourth-order valence-electron chi connectivity index (χ4n) is 11.5. The second-order valence-electron chi connectivity index (χ2n) is 29.8. The molecular formula is C84H90N8O12S4. The molecule has 0 aliphatic carbocycles. The van der Waals surface area contributed by atoms with Crippen LogP contribution < -0.4 is 17.9 Å². The van der Waals surface area contributed by atoms with E-state index in [2.05, 4.69) is 240 Å². The standard InChI is InChI=1S/C56H62N8.4C7H8O3S/c1-61(2,3)41-21-13-37(14-22-41)53-45-29-31-47(57-45)54(38-15-23-42(24-16-38)62(4,5)6)49-33-35-51(59-49)56(40-19-27-44(28-20-40)64(10,11)12)52-36-34-50(60-52)55(48-32-30-46(53)58-48)39-17-25-43(26-18-39)63(7,8)9;4*1-6-2-4-7(5-3-6)11(8,9)10/h13-36,57-58H,1-12H3;4*2-5H,1H3,(H,8,9,10)/q+4;;;;/p-4. The SMILES string of the molecule is C[N+](C)(C)c1ccc(-c2c3nc(c(-c4ccc([N+](C)(C)C)cc4)c4ccc([nH]4)c(-c4ccc([N+](C)(C)C)cc4)c4ccc([nH]4)c(-c4ccc([N+](C)(C)C)cc4)c4nc2C=C4)C=C3)cc1.Cc1ccc(S(=O)(=O)[O-])cc1.Cc1ccc(S(=O)(=O)[O-])cc1.Cc1ccc(S(=O)(=O)[O-])cc1.Cc1ccc(S(=O)(=O)[O-])cc1. The van der Waals surface area contributed by atoms with E-state index >= 15 is 0 Å². The Morgan fingerprint density at radius 3 is 0.611 bits per heavy atom. The van der Waals surface area contributed by atoms with Gasteiger partial charge in [-0.2, -0.15) is 0 Å². The van der Waals surface area contributed by atoms with Gasteiger partial charge in [0.15, 0.2) is 0 Å². The molecule has 0 spiro atoms. The number of nitrogens with one attached hydrogen (secondary N) is 2. The number of H-pyrrole nitrogens is 2. The van der Waals surface area contributed by atoms with Gasteiger partial charge in [0.2, 0.25) is 0 Å². The van der Waals surface area contributed by atoms with E-state index in [0.29, 0.717) is 0 Å². The largest absolute Gasteiger partial charge is 0.744 e. The third-order valence-electron chi connectivity index (χ3n) is 17.7. The molecule has 0 atom stereocenters.